The van der Waals surface area contributed by atoms with Crippen LogP contribution in [0.15, 0.2) is 0 Å². The van der Waals surface area contributed by atoms with Gasteiger partial charge in [0.25, 0.3) is 0 Å². The Morgan fingerprint density at radius 3 is 2.80 bits per heavy atom. The quantitative estimate of drug-likeness (QED) is 0.727. The second kappa shape index (κ2) is 6.81. The fourth-order valence-corrected chi connectivity index (χ4v) is 2.35. The van der Waals surface area contributed by atoms with Gasteiger partial charge in [-0.15, -0.1) is 0 Å². The van der Waals surface area contributed by atoms with E-state index in [0.717, 1.165) is 25.7 Å². The minimum atomic E-state index is 0.173. The first kappa shape index (κ1) is 12.5. The zero-order chi connectivity index (χ0) is 11.1. The maximum atomic E-state index is 9.04. The highest BCUT2D eigenvalue weighted by Crippen LogP contribution is 2.24. The molecule has 1 saturated carbocycles. The van der Waals surface area contributed by atoms with Crippen LogP contribution in [0, 0.1) is 17.2 Å². The first-order chi connectivity index (χ1) is 7.31. The summed E-state index contributed by atoms with van der Waals surface area (Å²) in [6.45, 7) is 2.35. The van der Waals surface area contributed by atoms with Crippen LogP contribution < -0.4 is 5.32 Å². The van der Waals surface area contributed by atoms with Gasteiger partial charge in [-0.1, -0.05) is 19.8 Å². The molecule has 86 valence electrons. The van der Waals surface area contributed by atoms with Crippen molar-refractivity contribution in [3.8, 4) is 6.07 Å². The second-order valence-electron chi connectivity index (χ2n) is 4.41. The van der Waals surface area contributed by atoms with Crippen molar-refractivity contribution in [2.45, 2.75) is 57.5 Å². The van der Waals surface area contributed by atoms with Crippen molar-refractivity contribution < 1.29 is 5.11 Å². The molecule has 0 aromatic carbocycles. The average molecular weight is 210 g/mol. The fourth-order valence-electron chi connectivity index (χ4n) is 2.35. The van der Waals surface area contributed by atoms with E-state index >= 15 is 0 Å². The Hall–Kier alpha value is -0.590. The van der Waals surface area contributed by atoms with Gasteiger partial charge in [0.05, 0.1) is 12.0 Å². The lowest BCUT2D eigenvalue weighted by molar-refractivity contribution is 0.231. The van der Waals surface area contributed by atoms with Crippen LogP contribution in [-0.4, -0.2) is 23.8 Å². The highest BCUT2D eigenvalue weighted by Gasteiger charge is 2.26. The third-order valence-corrected chi connectivity index (χ3v) is 3.35. The van der Waals surface area contributed by atoms with Gasteiger partial charge < -0.3 is 10.4 Å². The van der Waals surface area contributed by atoms with Gasteiger partial charge in [-0.25, -0.2) is 0 Å². The highest BCUT2D eigenvalue weighted by atomic mass is 16.3. The van der Waals surface area contributed by atoms with Gasteiger partial charge in [-0.2, -0.15) is 5.26 Å². The molecule has 1 aliphatic rings. The van der Waals surface area contributed by atoms with Gasteiger partial charge in [0.1, 0.15) is 0 Å². The minimum Gasteiger partial charge on any atom is -0.396 e. The lowest BCUT2D eigenvalue weighted by Crippen LogP contribution is -2.44. The molecule has 0 aliphatic heterocycles. The summed E-state index contributed by atoms with van der Waals surface area (Å²) in [4.78, 5) is 0. The monoisotopic (exact) mass is 210 g/mol. The molecule has 3 unspecified atom stereocenters. The van der Waals surface area contributed by atoms with Crippen LogP contribution >= 0.6 is 0 Å². The van der Waals surface area contributed by atoms with Gasteiger partial charge >= 0.3 is 0 Å². The lowest BCUT2D eigenvalue weighted by atomic mass is 9.85. The Morgan fingerprint density at radius 2 is 2.20 bits per heavy atom. The van der Waals surface area contributed by atoms with Crippen LogP contribution in [-0.2, 0) is 0 Å². The van der Waals surface area contributed by atoms with Gasteiger partial charge in [0, 0.05) is 18.7 Å². The van der Waals surface area contributed by atoms with E-state index in [-0.39, 0.29) is 12.5 Å². The number of nitrogens with one attached hydrogen (secondary N) is 1. The SMILES string of the molecule is CCC(CCO)NC1CCCCC1C#N. The number of nitrogens with zero attached hydrogens (tertiary/aromatic N) is 1. The zero-order valence-electron chi connectivity index (χ0n) is 9.58. The smallest absolute Gasteiger partial charge is 0.0672 e. The van der Waals surface area contributed by atoms with Gasteiger partial charge in [-0.3, -0.25) is 0 Å². The molecule has 0 spiro atoms. The largest absolute Gasteiger partial charge is 0.396 e. The van der Waals surface area contributed by atoms with E-state index in [2.05, 4.69) is 18.3 Å². The molecule has 1 rings (SSSR count). The molecular formula is C12H22N2O. The summed E-state index contributed by atoms with van der Waals surface area (Å²) in [6, 6.07) is 3.12. The van der Waals surface area contributed by atoms with E-state index in [9.17, 15) is 0 Å². The Kier molecular flexibility index (Phi) is 5.67. The molecule has 0 heterocycles. The van der Waals surface area contributed by atoms with Crippen molar-refractivity contribution >= 4 is 0 Å². The molecule has 0 amide bonds. The van der Waals surface area contributed by atoms with Crippen molar-refractivity contribution in [1.82, 2.24) is 5.32 Å². The van der Waals surface area contributed by atoms with Gasteiger partial charge in [0.2, 0.25) is 0 Å². The topological polar surface area (TPSA) is 56.0 Å². The Bertz CT molecular complexity index is 212. The predicted octanol–water partition coefficient (Wildman–Crippen LogP) is 1.82. The molecule has 2 N–H and O–H groups in total. The van der Waals surface area contributed by atoms with E-state index in [1.54, 1.807) is 0 Å². The van der Waals surface area contributed by atoms with Crippen molar-refractivity contribution in [2.24, 2.45) is 5.92 Å². The van der Waals surface area contributed by atoms with E-state index in [0.29, 0.717) is 12.1 Å². The van der Waals surface area contributed by atoms with Crippen LogP contribution in [0.2, 0.25) is 0 Å². The van der Waals surface area contributed by atoms with Crippen LogP contribution in [0.25, 0.3) is 0 Å². The van der Waals surface area contributed by atoms with E-state index in [1.807, 2.05) is 0 Å². The number of aliphatic hydroxyl groups excluding tert-OH is 1. The van der Waals surface area contributed by atoms with Crippen LogP contribution in [0.3, 0.4) is 0 Å². The first-order valence-corrected chi connectivity index (χ1v) is 6.08. The Labute approximate surface area is 92.5 Å². The normalized spacial score (nSPS) is 28.3. The van der Waals surface area contributed by atoms with Crippen LogP contribution in [0.5, 0.6) is 0 Å². The Balaban J connectivity index is 2.43. The van der Waals surface area contributed by atoms with Crippen molar-refractivity contribution in [2.75, 3.05) is 6.61 Å². The maximum absolute atomic E-state index is 9.04. The van der Waals surface area contributed by atoms with E-state index in [1.165, 1.54) is 12.8 Å². The highest BCUT2D eigenvalue weighted by molar-refractivity contribution is 4.95. The third kappa shape index (κ3) is 3.81. The van der Waals surface area contributed by atoms with Crippen molar-refractivity contribution in [1.29, 1.82) is 5.26 Å². The number of hydrogen-bond donors (Lipinski definition) is 2. The predicted molar refractivity (Wildman–Crippen MR) is 60.3 cm³/mol. The maximum Gasteiger partial charge on any atom is 0.0672 e. The summed E-state index contributed by atoms with van der Waals surface area (Å²) in [5.74, 6) is 0.173. The fraction of sp³-hybridized carbons (Fsp3) is 0.917. The molecule has 0 aromatic heterocycles. The summed E-state index contributed by atoms with van der Waals surface area (Å²) in [7, 11) is 0. The summed E-state index contributed by atoms with van der Waals surface area (Å²) >= 11 is 0. The van der Waals surface area contributed by atoms with Crippen molar-refractivity contribution in [3.63, 3.8) is 0 Å². The molecule has 15 heavy (non-hydrogen) atoms. The summed E-state index contributed by atoms with van der Waals surface area (Å²) in [5, 5.41) is 21.5. The number of nitriles is 1. The molecule has 0 bridgehead atoms. The number of hydrogen-bond acceptors (Lipinski definition) is 3. The number of rotatable bonds is 5. The van der Waals surface area contributed by atoms with Crippen molar-refractivity contribution in [3.05, 3.63) is 0 Å². The van der Waals surface area contributed by atoms with Gasteiger partial charge in [-0.05, 0) is 25.7 Å². The zero-order valence-corrected chi connectivity index (χ0v) is 9.58. The van der Waals surface area contributed by atoms with Gasteiger partial charge in [0.15, 0.2) is 0 Å². The lowest BCUT2D eigenvalue weighted by Gasteiger charge is -2.31. The molecule has 3 nitrogen and oxygen atoms in total. The second-order valence-corrected chi connectivity index (χ2v) is 4.41. The van der Waals surface area contributed by atoms with Crippen LogP contribution in [0.4, 0.5) is 0 Å². The number of aliphatic hydroxyl groups is 1. The summed E-state index contributed by atoms with van der Waals surface area (Å²) in [6.07, 6.45) is 6.38. The van der Waals surface area contributed by atoms with E-state index in [4.69, 9.17) is 10.4 Å². The molecule has 1 fully saturated rings. The Morgan fingerprint density at radius 1 is 1.47 bits per heavy atom. The van der Waals surface area contributed by atoms with Crippen LogP contribution in [0.1, 0.15) is 45.4 Å². The minimum absolute atomic E-state index is 0.173. The molecular weight excluding hydrogens is 188 g/mol. The summed E-state index contributed by atoms with van der Waals surface area (Å²) in [5.41, 5.74) is 0. The first-order valence-electron chi connectivity index (χ1n) is 6.08. The molecule has 3 atom stereocenters. The molecule has 0 radical (unpaired) electrons. The molecule has 1 aliphatic carbocycles. The van der Waals surface area contributed by atoms with E-state index < -0.39 is 0 Å². The third-order valence-electron chi connectivity index (χ3n) is 3.35. The summed E-state index contributed by atoms with van der Waals surface area (Å²) < 4.78 is 0. The average Bonchev–Trinajstić information content (AvgIpc) is 2.29. The molecule has 0 aromatic rings. The standard InChI is InChI=1S/C12H22N2O/c1-2-11(7-8-15)14-12-6-4-3-5-10(12)9-13/h10-12,14-15H,2-8H2,1H3. The molecule has 3 heteroatoms. The molecule has 0 saturated heterocycles.